The SMILES string of the molecule is CC(C)(C)CCS(=O)(=O)N(CC(N)=S)C1CCCC1. The quantitative estimate of drug-likeness (QED) is 0.765. The van der Waals surface area contributed by atoms with Gasteiger partial charge in [0, 0.05) is 6.04 Å². The Morgan fingerprint density at radius 1 is 1.32 bits per heavy atom. The van der Waals surface area contributed by atoms with Crippen molar-refractivity contribution in [2.45, 2.75) is 58.9 Å². The third kappa shape index (κ3) is 5.75. The zero-order chi connectivity index (χ0) is 14.7. The molecule has 0 aromatic carbocycles. The zero-order valence-electron chi connectivity index (χ0n) is 12.2. The first-order valence-electron chi connectivity index (χ1n) is 6.90. The Morgan fingerprint density at radius 2 is 1.84 bits per heavy atom. The fourth-order valence-electron chi connectivity index (χ4n) is 2.35. The highest BCUT2D eigenvalue weighted by Gasteiger charge is 2.32. The van der Waals surface area contributed by atoms with Crippen molar-refractivity contribution in [3.05, 3.63) is 0 Å². The molecule has 4 nitrogen and oxygen atoms in total. The molecule has 0 aromatic rings. The maximum atomic E-state index is 12.5. The van der Waals surface area contributed by atoms with E-state index in [0.717, 1.165) is 25.7 Å². The van der Waals surface area contributed by atoms with Crippen LogP contribution in [0.4, 0.5) is 0 Å². The first-order valence-corrected chi connectivity index (χ1v) is 8.91. The molecule has 0 amide bonds. The lowest BCUT2D eigenvalue weighted by Gasteiger charge is -2.29. The monoisotopic (exact) mass is 306 g/mol. The van der Waals surface area contributed by atoms with Crippen LogP contribution >= 0.6 is 12.2 Å². The Bertz CT molecular complexity index is 407. The standard InChI is InChI=1S/C13H26N2O2S2/c1-13(2,3)8-9-19(16,17)15(10-12(14)18)11-6-4-5-7-11/h11H,4-10H2,1-3H3,(H2,14,18). The lowest BCUT2D eigenvalue weighted by atomic mass is 9.94. The number of nitrogens with zero attached hydrogens (tertiary/aromatic N) is 1. The van der Waals surface area contributed by atoms with E-state index in [1.165, 1.54) is 0 Å². The molecule has 1 aliphatic carbocycles. The number of hydrogen-bond acceptors (Lipinski definition) is 3. The molecule has 2 N–H and O–H groups in total. The van der Waals surface area contributed by atoms with Crippen LogP contribution in [-0.4, -0.2) is 36.1 Å². The van der Waals surface area contributed by atoms with Gasteiger partial charge in [0.1, 0.15) is 0 Å². The fourth-order valence-corrected chi connectivity index (χ4v) is 4.68. The van der Waals surface area contributed by atoms with Gasteiger partial charge in [0.25, 0.3) is 0 Å². The van der Waals surface area contributed by atoms with Crippen LogP contribution < -0.4 is 5.73 Å². The minimum Gasteiger partial charge on any atom is -0.392 e. The van der Waals surface area contributed by atoms with Crippen molar-refractivity contribution in [1.29, 1.82) is 0 Å². The maximum Gasteiger partial charge on any atom is 0.214 e. The van der Waals surface area contributed by atoms with Crippen LogP contribution in [0.1, 0.15) is 52.9 Å². The van der Waals surface area contributed by atoms with E-state index in [0.29, 0.717) is 6.42 Å². The van der Waals surface area contributed by atoms with Gasteiger partial charge in [-0.2, -0.15) is 4.31 Å². The number of hydrogen-bond donors (Lipinski definition) is 1. The summed E-state index contributed by atoms with van der Waals surface area (Å²) < 4.78 is 26.6. The van der Waals surface area contributed by atoms with Crippen molar-refractivity contribution in [2.24, 2.45) is 11.1 Å². The lowest BCUT2D eigenvalue weighted by molar-refractivity contribution is 0.344. The van der Waals surface area contributed by atoms with Gasteiger partial charge in [0.2, 0.25) is 10.0 Å². The number of rotatable bonds is 6. The van der Waals surface area contributed by atoms with E-state index < -0.39 is 10.0 Å². The molecule has 0 saturated heterocycles. The van der Waals surface area contributed by atoms with Gasteiger partial charge in [-0.15, -0.1) is 0 Å². The largest absolute Gasteiger partial charge is 0.392 e. The van der Waals surface area contributed by atoms with Crippen LogP contribution in [0.25, 0.3) is 0 Å². The van der Waals surface area contributed by atoms with Gasteiger partial charge in [-0.3, -0.25) is 0 Å². The fraction of sp³-hybridized carbons (Fsp3) is 0.923. The molecule has 0 unspecified atom stereocenters. The molecular formula is C13H26N2O2S2. The number of thiocarbonyl (C=S) groups is 1. The molecule has 0 bridgehead atoms. The van der Waals surface area contributed by atoms with E-state index in [9.17, 15) is 8.42 Å². The lowest BCUT2D eigenvalue weighted by Crippen LogP contribution is -2.45. The van der Waals surface area contributed by atoms with Crippen molar-refractivity contribution in [3.63, 3.8) is 0 Å². The van der Waals surface area contributed by atoms with Gasteiger partial charge in [-0.05, 0) is 24.7 Å². The Labute approximate surface area is 122 Å². The molecule has 112 valence electrons. The van der Waals surface area contributed by atoms with E-state index >= 15 is 0 Å². The molecule has 1 saturated carbocycles. The first-order chi connectivity index (χ1) is 8.62. The van der Waals surface area contributed by atoms with Crippen molar-refractivity contribution in [1.82, 2.24) is 4.31 Å². The van der Waals surface area contributed by atoms with Crippen LogP contribution in [0.15, 0.2) is 0 Å². The van der Waals surface area contributed by atoms with E-state index in [1.54, 1.807) is 4.31 Å². The van der Waals surface area contributed by atoms with E-state index in [2.05, 4.69) is 20.8 Å². The third-order valence-electron chi connectivity index (χ3n) is 3.51. The third-order valence-corrected chi connectivity index (χ3v) is 5.50. The van der Waals surface area contributed by atoms with Gasteiger partial charge < -0.3 is 5.73 Å². The number of sulfonamides is 1. The van der Waals surface area contributed by atoms with Gasteiger partial charge in [0.05, 0.1) is 17.3 Å². The van der Waals surface area contributed by atoms with Gasteiger partial charge >= 0.3 is 0 Å². The summed E-state index contributed by atoms with van der Waals surface area (Å²) in [5.41, 5.74) is 5.58. The van der Waals surface area contributed by atoms with Crippen LogP contribution in [0.3, 0.4) is 0 Å². The summed E-state index contributed by atoms with van der Waals surface area (Å²) in [4.78, 5) is 0.256. The normalized spacial score (nSPS) is 18.1. The summed E-state index contributed by atoms with van der Waals surface area (Å²) in [6.45, 7) is 6.34. The molecule has 19 heavy (non-hydrogen) atoms. The highest BCUT2D eigenvalue weighted by Crippen LogP contribution is 2.27. The van der Waals surface area contributed by atoms with E-state index in [1.807, 2.05) is 0 Å². The molecule has 6 heteroatoms. The summed E-state index contributed by atoms with van der Waals surface area (Å²) in [6.07, 6.45) is 4.69. The van der Waals surface area contributed by atoms with Crippen molar-refractivity contribution >= 4 is 27.2 Å². The predicted octanol–water partition coefficient (Wildman–Crippen LogP) is 2.28. The minimum atomic E-state index is -3.27. The maximum absolute atomic E-state index is 12.5. The molecule has 0 aliphatic heterocycles. The van der Waals surface area contributed by atoms with Crippen LogP contribution in [0.2, 0.25) is 0 Å². The van der Waals surface area contributed by atoms with Crippen molar-refractivity contribution in [3.8, 4) is 0 Å². The van der Waals surface area contributed by atoms with Crippen LogP contribution in [0.5, 0.6) is 0 Å². The minimum absolute atomic E-state index is 0.0115. The smallest absolute Gasteiger partial charge is 0.214 e. The molecule has 0 aromatic heterocycles. The van der Waals surface area contributed by atoms with Crippen molar-refractivity contribution in [2.75, 3.05) is 12.3 Å². The Balaban J connectivity index is 2.79. The topological polar surface area (TPSA) is 63.4 Å². The average Bonchev–Trinajstić information content (AvgIpc) is 2.75. The summed E-state index contributed by atoms with van der Waals surface area (Å²) in [5, 5.41) is 0. The second-order valence-corrected chi connectivity index (χ2v) is 9.14. The molecular weight excluding hydrogens is 280 g/mol. The summed E-state index contributed by atoms with van der Waals surface area (Å²) in [5.74, 6) is 0.176. The summed E-state index contributed by atoms with van der Waals surface area (Å²) in [7, 11) is -3.27. The Hall–Kier alpha value is -0.200. The highest BCUT2D eigenvalue weighted by molar-refractivity contribution is 7.89. The van der Waals surface area contributed by atoms with E-state index in [-0.39, 0.29) is 28.7 Å². The van der Waals surface area contributed by atoms with Gasteiger partial charge in [-0.25, -0.2) is 8.42 Å². The molecule has 0 radical (unpaired) electrons. The number of nitrogens with two attached hydrogens (primary N) is 1. The van der Waals surface area contributed by atoms with Crippen LogP contribution in [-0.2, 0) is 10.0 Å². The molecule has 1 aliphatic rings. The van der Waals surface area contributed by atoms with E-state index in [4.69, 9.17) is 18.0 Å². The molecule has 0 spiro atoms. The Kier molecular flexibility index (Phi) is 5.77. The first kappa shape index (κ1) is 16.9. The molecule has 1 rings (SSSR count). The Morgan fingerprint density at radius 3 is 2.26 bits per heavy atom. The van der Waals surface area contributed by atoms with Gasteiger partial charge in [0.15, 0.2) is 0 Å². The van der Waals surface area contributed by atoms with Crippen LogP contribution in [0, 0.1) is 5.41 Å². The highest BCUT2D eigenvalue weighted by atomic mass is 32.2. The summed E-state index contributed by atoms with van der Waals surface area (Å²) >= 11 is 4.91. The second kappa shape index (κ2) is 6.50. The van der Waals surface area contributed by atoms with Crippen molar-refractivity contribution < 1.29 is 8.42 Å². The predicted molar refractivity (Wildman–Crippen MR) is 83.6 cm³/mol. The van der Waals surface area contributed by atoms with Gasteiger partial charge in [-0.1, -0.05) is 45.8 Å². The average molecular weight is 306 g/mol. The molecule has 0 atom stereocenters. The second-order valence-electron chi connectivity index (χ2n) is 6.58. The summed E-state index contributed by atoms with van der Waals surface area (Å²) in [6, 6.07) is 0.0893. The molecule has 0 heterocycles. The zero-order valence-corrected chi connectivity index (χ0v) is 13.8. The molecule has 1 fully saturated rings.